The summed E-state index contributed by atoms with van der Waals surface area (Å²) in [6.45, 7) is 2.08. The highest BCUT2D eigenvalue weighted by molar-refractivity contribution is 5.87. The zero-order valence-electron chi connectivity index (χ0n) is 8.29. The van der Waals surface area contributed by atoms with Crippen LogP contribution in [0.3, 0.4) is 0 Å². The Labute approximate surface area is 83.7 Å². The van der Waals surface area contributed by atoms with Crippen LogP contribution in [0.15, 0.2) is 24.5 Å². The van der Waals surface area contributed by atoms with Crippen molar-refractivity contribution in [2.24, 2.45) is 0 Å². The molecule has 2 heteroatoms. The van der Waals surface area contributed by atoms with Gasteiger partial charge in [-0.15, -0.1) is 0 Å². The summed E-state index contributed by atoms with van der Waals surface area (Å²) in [6.07, 6.45) is 7.86. The summed E-state index contributed by atoms with van der Waals surface area (Å²) >= 11 is 0. The van der Waals surface area contributed by atoms with Gasteiger partial charge in [-0.05, 0) is 36.1 Å². The van der Waals surface area contributed by atoms with E-state index in [1.165, 1.54) is 16.7 Å². The lowest BCUT2D eigenvalue weighted by atomic mass is 9.92. The number of allylic oxidation sites excluding steroid dienone is 2. The summed E-state index contributed by atoms with van der Waals surface area (Å²) < 4.78 is 0. The second-order valence-corrected chi connectivity index (χ2v) is 3.66. The number of rotatable bonds is 1. The molecule has 72 valence electrons. The molecule has 0 unspecified atom stereocenters. The molecule has 0 N–H and O–H groups in total. The standard InChI is InChI=1S/C12H13NO/c1-9-6-7-13-8-12(9)10-2-4-11(14)5-3-10/h2,6-8H,3-5H2,1H3. The van der Waals surface area contributed by atoms with Gasteiger partial charge in [0, 0.05) is 25.2 Å². The molecule has 1 aromatic rings. The summed E-state index contributed by atoms with van der Waals surface area (Å²) in [4.78, 5) is 15.2. The molecule has 1 aromatic heterocycles. The fourth-order valence-electron chi connectivity index (χ4n) is 1.76. The summed E-state index contributed by atoms with van der Waals surface area (Å²) in [6, 6.07) is 2.01. The molecule has 0 aliphatic heterocycles. The van der Waals surface area contributed by atoms with Crippen LogP contribution in [-0.4, -0.2) is 10.8 Å². The minimum atomic E-state index is 0.343. The zero-order chi connectivity index (χ0) is 9.97. The van der Waals surface area contributed by atoms with Crippen molar-refractivity contribution in [1.82, 2.24) is 4.98 Å². The highest BCUT2D eigenvalue weighted by Crippen LogP contribution is 2.26. The van der Waals surface area contributed by atoms with Crippen LogP contribution in [0.4, 0.5) is 0 Å². The van der Waals surface area contributed by atoms with Gasteiger partial charge in [0.15, 0.2) is 0 Å². The Hall–Kier alpha value is -1.44. The second kappa shape index (κ2) is 3.74. The third-order valence-electron chi connectivity index (χ3n) is 2.63. The highest BCUT2D eigenvalue weighted by Gasteiger charge is 2.12. The predicted molar refractivity (Wildman–Crippen MR) is 55.8 cm³/mol. The van der Waals surface area contributed by atoms with Gasteiger partial charge in [0.1, 0.15) is 5.78 Å². The summed E-state index contributed by atoms with van der Waals surface area (Å²) in [7, 11) is 0. The van der Waals surface area contributed by atoms with E-state index in [0.717, 1.165) is 6.42 Å². The normalized spacial score (nSPS) is 16.6. The molecule has 1 aliphatic rings. The van der Waals surface area contributed by atoms with Crippen molar-refractivity contribution in [1.29, 1.82) is 0 Å². The van der Waals surface area contributed by atoms with E-state index in [1.54, 1.807) is 6.20 Å². The first kappa shape index (κ1) is 9.13. The molecule has 14 heavy (non-hydrogen) atoms. The van der Waals surface area contributed by atoms with Gasteiger partial charge < -0.3 is 0 Å². The third kappa shape index (κ3) is 1.74. The van der Waals surface area contributed by atoms with Crippen molar-refractivity contribution in [3.05, 3.63) is 35.7 Å². The SMILES string of the molecule is Cc1ccncc1C1=CCC(=O)CC1. The molecule has 0 radical (unpaired) electrons. The minimum Gasteiger partial charge on any atom is -0.299 e. The number of pyridine rings is 1. The van der Waals surface area contributed by atoms with Crippen molar-refractivity contribution in [3.63, 3.8) is 0 Å². The Morgan fingerprint density at radius 3 is 2.86 bits per heavy atom. The molecule has 1 heterocycles. The molecule has 2 rings (SSSR count). The maximum absolute atomic E-state index is 11.1. The Balaban J connectivity index is 2.32. The van der Waals surface area contributed by atoms with Crippen molar-refractivity contribution in [2.45, 2.75) is 26.2 Å². The van der Waals surface area contributed by atoms with Gasteiger partial charge in [0.25, 0.3) is 0 Å². The smallest absolute Gasteiger partial charge is 0.137 e. The molecule has 0 fully saturated rings. The van der Waals surface area contributed by atoms with Crippen molar-refractivity contribution in [2.75, 3.05) is 0 Å². The van der Waals surface area contributed by atoms with Crippen LogP contribution in [0.25, 0.3) is 5.57 Å². The minimum absolute atomic E-state index is 0.343. The quantitative estimate of drug-likeness (QED) is 0.676. The van der Waals surface area contributed by atoms with Gasteiger partial charge >= 0.3 is 0 Å². The van der Waals surface area contributed by atoms with Gasteiger partial charge in [0.2, 0.25) is 0 Å². The van der Waals surface area contributed by atoms with Gasteiger partial charge in [-0.2, -0.15) is 0 Å². The van der Waals surface area contributed by atoms with E-state index in [4.69, 9.17) is 0 Å². The molecule has 0 saturated heterocycles. The second-order valence-electron chi connectivity index (χ2n) is 3.66. The Morgan fingerprint density at radius 1 is 1.36 bits per heavy atom. The van der Waals surface area contributed by atoms with E-state index in [2.05, 4.69) is 11.9 Å². The molecule has 0 atom stereocenters. The van der Waals surface area contributed by atoms with Crippen LogP contribution in [0.2, 0.25) is 0 Å². The maximum Gasteiger partial charge on any atom is 0.137 e. The molecule has 0 amide bonds. The van der Waals surface area contributed by atoms with Gasteiger partial charge in [-0.1, -0.05) is 6.08 Å². The number of aryl methyl sites for hydroxylation is 1. The van der Waals surface area contributed by atoms with Gasteiger partial charge in [-0.25, -0.2) is 0 Å². The maximum atomic E-state index is 11.1. The van der Waals surface area contributed by atoms with Crippen molar-refractivity contribution < 1.29 is 4.79 Å². The zero-order valence-corrected chi connectivity index (χ0v) is 8.29. The number of aromatic nitrogens is 1. The lowest BCUT2D eigenvalue weighted by Gasteiger charge is -2.13. The molecular formula is C12H13NO. The summed E-state index contributed by atoms with van der Waals surface area (Å²) in [5, 5.41) is 0. The Bertz CT molecular complexity index is 393. The molecule has 0 aromatic carbocycles. The number of Topliss-reactive ketones (excluding diaryl/α,β-unsaturated/α-hetero) is 1. The van der Waals surface area contributed by atoms with Crippen LogP contribution < -0.4 is 0 Å². The van der Waals surface area contributed by atoms with Gasteiger partial charge in [-0.3, -0.25) is 9.78 Å². The van der Waals surface area contributed by atoms with E-state index in [-0.39, 0.29) is 0 Å². The van der Waals surface area contributed by atoms with E-state index in [0.29, 0.717) is 18.6 Å². The Morgan fingerprint density at radius 2 is 2.21 bits per heavy atom. The third-order valence-corrected chi connectivity index (χ3v) is 2.63. The van der Waals surface area contributed by atoms with Crippen molar-refractivity contribution in [3.8, 4) is 0 Å². The first-order valence-electron chi connectivity index (χ1n) is 4.89. The van der Waals surface area contributed by atoms with Crippen LogP contribution in [0, 0.1) is 6.92 Å². The average Bonchev–Trinajstić information content (AvgIpc) is 2.20. The van der Waals surface area contributed by atoms with Crippen LogP contribution in [0.5, 0.6) is 0 Å². The predicted octanol–water partition coefficient (Wildman–Crippen LogP) is 2.53. The molecule has 0 saturated carbocycles. The number of nitrogens with zero attached hydrogens (tertiary/aromatic N) is 1. The molecule has 2 nitrogen and oxygen atoms in total. The monoisotopic (exact) mass is 187 g/mol. The number of hydrogen-bond acceptors (Lipinski definition) is 2. The first-order chi connectivity index (χ1) is 6.77. The molecule has 0 spiro atoms. The van der Waals surface area contributed by atoms with Crippen LogP contribution >= 0.6 is 0 Å². The van der Waals surface area contributed by atoms with E-state index < -0.39 is 0 Å². The van der Waals surface area contributed by atoms with E-state index in [1.807, 2.05) is 18.3 Å². The van der Waals surface area contributed by atoms with Crippen LogP contribution in [0.1, 0.15) is 30.4 Å². The van der Waals surface area contributed by atoms with E-state index >= 15 is 0 Å². The fourth-order valence-corrected chi connectivity index (χ4v) is 1.76. The van der Waals surface area contributed by atoms with E-state index in [9.17, 15) is 4.79 Å². The highest BCUT2D eigenvalue weighted by atomic mass is 16.1. The average molecular weight is 187 g/mol. The topological polar surface area (TPSA) is 30.0 Å². The Kier molecular flexibility index (Phi) is 2.44. The number of hydrogen-bond donors (Lipinski definition) is 0. The van der Waals surface area contributed by atoms with Crippen molar-refractivity contribution >= 4 is 11.4 Å². The number of carbonyl (C=O) groups excluding carboxylic acids is 1. The molecular weight excluding hydrogens is 174 g/mol. The largest absolute Gasteiger partial charge is 0.299 e. The molecule has 0 bridgehead atoms. The fraction of sp³-hybridized carbons (Fsp3) is 0.333. The van der Waals surface area contributed by atoms with Gasteiger partial charge in [0.05, 0.1) is 0 Å². The lowest BCUT2D eigenvalue weighted by Crippen LogP contribution is -2.04. The number of ketones is 1. The molecule has 1 aliphatic carbocycles. The first-order valence-corrected chi connectivity index (χ1v) is 4.89. The summed E-state index contributed by atoms with van der Waals surface area (Å²) in [5.41, 5.74) is 3.70. The number of carbonyl (C=O) groups is 1. The van der Waals surface area contributed by atoms with Crippen LogP contribution in [-0.2, 0) is 4.79 Å². The lowest BCUT2D eigenvalue weighted by molar-refractivity contribution is -0.118. The summed E-state index contributed by atoms with van der Waals surface area (Å²) in [5.74, 6) is 0.343.